The van der Waals surface area contributed by atoms with Crippen LogP contribution < -0.4 is 5.32 Å². The molecule has 1 aromatic carbocycles. The summed E-state index contributed by atoms with van der Waals surface area (Å²) in [5.74, 6) is -1.16. The van der Waals surface area contributed by atoms with Crippen LogP contribution in [0.15, 0.2) is 24.3 Å². The zero-order valence-electron chi connectivity index (χ0n) is 14.3. The van der Waals surface area contributed by atoms with E-state index >= 15 is 0 Å². The summed E-state index contributed by atoms with van der Waals surface area (Å²) < 4.78 is 13.0. The van der Waals surface area contributed by atoms with E-state index in [1.165, 1.54) is 12.1 Å². The Labute approximate surface area is 142 Å². The van der Waals surface area contributed by atoms with E-state index < -0.39 is 5.97 Å². The van der Waals surface area contributed by atoms with Crippen LogP contribution in [0.2, 0.25) is 0 Å². The van der Waals surface area contributed by atoms with Crippen molar-refractivity contribution in [1.29, 1.82) is 0 Å². The van der Waals surface area contributed by atoms with Gasteiger partial charge < -0.3 is 10.4 Å². The molecule has 5 heteroatoms. The van der Waals surface area contributed by atoms with E-state index in [-0.39, 0.29) is 35.5 Å². The Hall–Kier alpha value is -1.91. The van der Waals surface area contributed by atoms with Gasteiger partial charge in [-0.05, 0) is 55.7 Å². The molecule has 24 heavy (non-hydrogen) atoms. The fraction of sp³-hybridized carbons (Fsp3) is 0.579. The zero-order chi connectivity index (χ0) is 17.7. The third-order valence-corrected chi connectivity index (χ3v) is 4.95. The first-order chi connectivity index (χ1) is 11.4. The van der Waals surface area contributed by atoms with Crippen LogP contribution in [0.4, 0.5) is 4.39 Å². The molecule has 1 fully saturated rings. The maximum atomic E-state index is 13.0. The van der Waals surface area contributed by atoms with Crippen LogP contribution in [0.25, 0.3) is 0 Å². The largest absolute Gasteiger partial charge is 0.481 e. The highest BCUT2D eigenvalue weighted by Crippen LogP contribution is 2.29. The fourth-order valence-electron chi connectivity index (χ4n) is 3.23. The number of amides is 1. The lowest BCUT2D eigenvalue weighted by molar-refractivity contribution is -0.144. The van der Waals surface area contributed by atoms with Crippen molar-refractivity contribution in [2.45, 2.75) is 52.0 Å². The molecule has 132 valence electrons. The van der Waals surface area contributed by atoms with Crippen molar-refractivity contribution in [3.8, 4) is 0 Å². The molecule has 4 nitrogen and oxygen atoms in total. The second kappa shape index (κ2) is 8.27. The van der Waals surface area contributed by atoms with Gasteiger partial charge in [-0.2, -0.15) is 0 Å². The summed E-state index contributed by atoms with van der Waals surface area (Å²) in [5.41, 5.74) is 0.991. The van der Waals surface area contributed by atoms with Crippen LogP contribution in [0, 0.1) is 23.6 Å². The molecule has 0 aliphatic heterocycles. The minimum absolute atomic E-state index is 0.0136. The predicted molar refractivity (Wildman–Crippen MR) is 90.0 cm³/mol. The van der Waals surface area contributed by atoms with Crippen molar-refractivity contribution >= 4 is 11.9 Å². The van der Waals surface area contributed by atoms with Crippen LogP contribution in [0.5, 0.6) is 0 Å². The molecular formula is C19H26FNO3. The smallest absolute Gasteiger partial charge is 0.306 e. The first-order valence-electron chi connectivity index (χ1n) is 8.64. The number of aliphatic carboxylic acids is 1. The standard InChI is InChI=1S/C19H26FNO3/c1-12(2)17(11-13-3-9-16(20)10-4-13)21-18(22)14-5-7-15(8-6-14)19(23)24/h3-4,9-10,12,14-15,17H,5-8,11H2,1-2H3,(H,21,22)(H,23,24). The predicted octanol–water partition coefficient (Wildman–Crippen LogP) is 3.40. The highest BCUT2D eigenvalue weighted by Gasteiger charge is 2.31. The lowest BCUT2D eigenvalue weighted by atomic mass is 9.81. The Balaban J connectivity index is 1.91. The van der Waals surface area contributed by atoms with E-state index in [1.807, 2.05) is 0 Å². The summed E-state index contributed by atoms with van der Waals surface area (Å²) in [4.78, 5) is 23.5. The Morgan fingerprint density at radius 2 is 1.67 bits per heavy atom. The molecule has 0 aromatic heterocycles. The number of carbonyl (C=O) groups excluding carboxylic acids is 1. The highest BCUT2D eigenvalue weighted by molar-refractivity contribution is 5.79. The minimum Gasteiger partial charge on any atom is -0.481 e. The van der Waals surface area contributed by atoms with Crippen molar-refractivity contribution in [3.05, 3.63) is 35.6 Å². The number of hydrogen-bond donors (Lipinski definition) is 2. The molecule has 2 N–H and O–H groups in total. The van der Waals surface area contributed by atoms with Gasteiger partial charge in [0.25, 0.3) is 0 Å². The number of halogens is 1. The number of benzene rings is 1. The van der Waals surface area contributed by atoms with Crippen molar-refractivity contribution in [2.24, 2.45) is 17.8 Å². The van der Waals surface area contributed by atoms with Crippen molar-refractivity contribution in [3.63, 3.8) is 0 Å². The normalized spacial score (nSPS) is 22.2. The SMILES string of the molecule is CC(C)C(Cc1ccc(F)cc1)NC(=O)C1CCC(C(=O)O)CC1. The van der Waals surface area contributed by atoms with Gasteiger partial charge in [-0.1, -0.05) is 26.0 Å². The average Bonchev–Trinajstić information content (AvgIpc) is 2.56. The second-order valence-electron chi connectivity index (χ2n) is 7.08. The molecule has 1 amide bonds. The van der Waals surface area contributed by atoms with E-state index in [1.54, 1.807) is 12.1 Å². The lowest BCUT2D eigenvalue weighted by Crippen LogP contribution is -2.44. The Bertz CT molecular complexity index is 562. The van der Waals surface area contributed by atoms with Crippen molar-refractivity contribution < 1.29 is 19.1 Å². The number of rotatable bonds is 6. The molecule has 0 bridgehead atoms. The zero-order valence-corrected chi connectivity index (χ0v) is 14.3. The van der Waals surface area contributed by atoms with Crippen LogP contribution in [0.1, 0.15) is 45.1 Å². The van der Waals surface area contributed by atoms with E-state index in [0.29, 0.717) is 32.1 Å². The van der Waals surface area contributed by atoms with Gasteiger partial charge in [0, 0.05) is 12.0 Å². The number of nitrogens with one attached hydrogen (secondary N) is 1. The highest BCUT2D eigenvalue weighted by atomic mass is 19.1. The maximum Gasteiger partial charge on any atom is 0.306 e. The molecule has 2 rings (SSSR count). The Kier molecular flexibility index (Phi) is 6.35. The molecule has 0 spiro atoms. The average molecular weight is 335 g/mol. The quantitative estimate of drug-likeness (QED) is 0.837. The van der Waals surface area contributed by atoms with Crippen molar-refractivity contribution in [1.82, 2.24) is 5.32 Å². The summed E-state index contributed by atoms with van der Waals surface area (Å²) in [6.07, 6.45) is 3.05. The maximum absolute atomic E-state index is 13.0. The van der Waals surface area contributed by atoms with E-state index in [4.69, 9.17) is 5.11 Å². The summed E-state index contributed by atoms with van der Waals surface area (Å²) >= 11 is 0. The molecule has 0 radical (unpaired) electrons. The first kappa shape index (κ1) is 18.4. The topological polar surface area (TPSA) is 66.4 Å². The summed E-state index contributed by atoms with van der Waals surface area (Å²) in [6, 6.07) is 6.34. The fourth-order valence-corrected chi connectivity index (χ4v) is 3.23. The molecule has 1 aliphatic carbocycles. The molecule has 1 unspecified atom stereocenters. The van der Waals surface area contributed by atoms with Gasteiger partial charge >= 0.3 is 5.97 Å². The number of carboxylic acid groups (broad SMARTS) is 1. The van der Waals surface area contributed by atoms with Crippen LogP contribution in [-0.2, 0) is 16.0 Å². The number of carbonyl (C=O) groups is 2. The van der Waals surface area contributed by atoms with Gasteiger partial charge in [0.1, 0.15) is 5.82 Å². The van der Waals surface area contributed by atoms with Crippen molar-refractivity contribution in [2.75, 3.05) is 0 Å². The van der Waals surface area contributed by atoms with Gasteiger partial charge in [0.2, 0.25) is 5.91 Å². The molecule has 0 heterocycles. The number of carboxylic acids is 1. The van der Waals surface area contributed by atoms with Gasteiger partial charge in [-0.25, -0.2) is 4.39 Å². The van der Waals surface area contributed by atoms with Gasteiger partial charge in [-0.15, -0.1) is 0 Å². The molecule has 1 aliphatic rings. The Morgan fingerprint density at radius 3 is 2.17 bits per heavy atom. The monoisotopic (exact) mass is 335 g/mol. The third-order valence-electron chi connectivity index (χ3n) is 4.95. The molecular weight excluding hydrogens is 309 g/mol. The Morgan fingerprint density at radius 1 is 1.12 bits per heavy atom. The summed E-state index contributed by atoms with van der Waals surface area (Å²) in [6.45, 7) is 4.10. The molecule has 0 saturated heterocycles. The van der Waals surface area contributed by atoms with E-state index in [2.05, 4.69) is 19.2 Å². The van der Waals surface area contributed by atoms with Crippen LogP contribution >= 0.6 is 0 Å². The second-order valence-corrected chi connectivity index (χ2v) is 7.08. The molecule has 1 atom stereocenters. The summed E-state index contributed by atoms with van der Waals surface area (Å²) in [5, 5.41) is 12.2. The molecule has 1 aromatic rings. The van der Waals surface area contributed by atoms with E-state index in [9.17, 15) is 14.0 Å². The number of hydrogen-bond acceptors (Lipinski definition) is 2. The minimum atomic E-state index is -0.759. The molecule has 1 saturated carbocycles. The third kappa shape index (κ3) is 5.05. The summed E-state index contributed by atoms with van der Waals surface area (Å²) in [7, 11) is 0. The van der Waals surface area contributed by atoms with Gasteiger partial charge in [0.05, 0.1) is 5.92 Å². The van der Waals surface area contributed by atoms with Gasteiger partial charge in [0.15, 0.2) is 0 Å². The first-order valence-corrected chi connectivity index (χ1v) is 8.64. The lowest BCUT2D eigenvalue weighted by Gasteiger charge is -2.29. The van der Waals surface area contributed by atoms with Gasteiger partial charge in [-0.3, -0.25) is 9.59 Å². The van der Waals surface area contributed by atoms with Crippen LogP contribution in [0.3, 0.4) is 0 Å². The van der Waals surface area contributed by atoms with Crippen LogP contribution in [-0.4, -0.2) is 23.0 Å². The van der Waals surface area contributed by atoms with E-state index in [0.717, 1.165) is 5.56 Å².